The predicted octanol–water partition coefficient (Wildman–Crippen LogP) is 2.56. The highest BCUT2D eigenvalue weighted by atomic mass is 32.2. The minimum atomic E-state index is -0.350. The molecule has 0 heterocycles. The van der Waals surface area contributed by atoms with E-state index < -0.39 is 0 Å². The van der Waals surface area contributed by atoms with Gasteiger partial charge < -0.3 is 16.0 Å². The first-order valence-electron chi connectivity index (χ1n) is 8.69. The van der Waals surface area contributed by atoms with Gasteiger partial charge in [0.25, 0.3) is 5.91 Å². The Morgan fingerprint density at radius 3 is 2.21 bits per heavy atom. The highest BCUT2D eigenvalue weighted by molar-refractivity contribution is 7.99. The third kappa shape index (κ3) is 7.79. The Morgan fingerprint density at radius 2 is 1.57 bits per heavy atom. The molecule has 0 atom stereocenters. The summed E-state index contributed by atoms with van der Waals surface area (Å²) < 4.78 is 12.8. The maximum absolute atomic E-state index is 12.8. The van der Waals surface area contributed by atoms with E-state index in [1.165, 1.54) is 43.0 Å². The van der Waals surface area contributed by atoms with Crippen LogP contribution in [0.15, 0.2) is 48.5 Å². The Kier molecular flexibility index (Phi) is 8.48. The van der Waals surface area contributed by atoms with Crippen molar-refractivity contribution < 1.29 is 18.8 Å². The van der Waals surface area contributed by atoms with Crippen LogP contribution in [0.3, 0.4) is 0 Å². The van der Waals surface area contributed by atoms with Crippen molar-refractivity contribution in [3.05, 3.63) is 65.5 Å². The largest absolute Gasteiger partial charge is 0.355 e. The van der Waals surface area contributed by atoms with E-state index in [2.05, 4.69) is 16.0 Å². The average molecular weight is 403 g/mol. The molecule has 3 N–H and O–H groups in total. The van der Waals surface area contributed by atoms with Crippen molar-refractivity contribution in [3.63, 3.8) is 0 Å². The number of carbonyl (C=O) groups excluding carboxylic acids is 3. The van der Waals surface area contributed by atoms with Gasteiger partial charge in [-0.05, 0) is 42.0 Å². The van der Waals surface area contributed by atoms with Gasteiger partial charge in [-0.2, -0.15) is 0 Å². The molecule has 6 nitrogen and oxygen atoms in total. The molecule has 28 heavy (non-hydrogen) atoms. The lowest BCUT2D eigenvalue weighted by molar-refractivity contribution is -0.119. The highest BCUT2D eigenvalue weighted by Crippen LogP contribution is 2.14. The van der Waals surface area contributed by atoms with Crippen LogP contribution in [0.1, 0.15) is 22.8 Å². The van der Waals surface area contributed by atoms with Crippen molar-refractivity contribution >= 4 is 35.2 Å². The molecule has 0 fully saturated rings. The molecule has 0 saturated heterocycles. The Bertz CT molecular complexity index is 810. The number of anilines is 1. The van der Waals surface area contributed by atoms with Crippen LogP contribution in [-0.2, 0) is 15.3 Å². The van der Waals surface area contributed by atoms with Gasteiger partial charge in [-0.15, -0.1) is 11.8 Å². The van der Waals surface area contributed by atoms with Crippen LogP contribution in [0, 0.1) is 5.82 Å². The molecule has 0 aliphatic carbocycles. The topological polar surface area (TPSA) is 87.3 Å². The molecular formula is C20H22FN3O3S. The van der Waals surface area contributed by atoms with E-state index in [4.69, 9.17) is 0 Å². The van der Waals surface area contributed by atoms with Crippen molar-refractivity contribution in [2.75, 3.05) is 24.2 Å². The van der Waals surface area contributed by atoms with Gasteiger partial charge in [-0.3, -0.25) is 14.4 Å². The average Bonchev–Trinajstić information content (AvgIpc) is 2.67. The first-order chi connectivity index (χ1) is 13.4. The Balaban J connectivity index is 1.70. The minimum absolute atomic E-state index is 0.137. The molecule has 0 bridgehead atoms. The number of hydrogen-bond acceptors (Lipinski definition) is 4. The monoisotopic (exact) mass is 403 g/mol. The van der Waals surface area contributed by atoms with Crippen molar-refractivity contribution in [3.8, 4) is 0 Å². The minimum Gasteiger partial charge on any atom is -0.355 e. The lowest BCUT2D eigenvalue weighted by Gasteiger charge is -2.07. The smallest absolute Gasteiger partial charge is 0.251 e. The van der Waals surface area contributed by atoms with Crippen LogP contribution >= 0.6 is 11.8 Å². The predicted molar refractivity (Wildman–Crippen MR) is 109 cm³/mol. The Morgan fingerprint density at radius 1 is 0.929 bits per heavy atom. The summed E-state index contributed by atoms with van der Waals surface area (Å²) in [4.78, 5) is 34.7. The van der Waals surface area contributed by atoms with E-state index in [9.17, 15) is 18.8 Å². The Hall–Kier alpha value is -2.87. The zero-order valence-electron chi connectivity index (χ0n) is 15.5. The first-order valence-corrected chi connectivity index (χ1v) is 9.84. The molecule has 2 aromatic rings. The van der Waals surface area contributed by atoms with Crippen LogP contribution < -0.4 is 16.0 Å². The molecule has 0 spiro atoms. The number of rotatable bonds is 9. The van der Waals surface area contributed by atoms with Crippen LogP contribution in [-0.4, -0.2) is 36.6 Å². The lowest BCUT2D eigenvalue weighted by Crippen LogP contribution is -2.33. The highest BCUT2D eigenvalue weighted by Gasteiger charge is 2.06. The fourth-order valence-corrected chi connectivity index (χ4v) is 3.05. The summed E-state index contributed by atoms with van der Waals surface area (Å²) in [6.07, 6.45) is 0. The summed E-state index contributed by atoms with van der Waals surface area (Å²) >= 11 is 1.44. The van der Waals surface area contributed by atoms with E-state index in [-0.39, 0.29) is 29.3 Å². The summed E-state index contributed by atoms with van der Waals surface area (Å²) in [5.74, 6) is 0.0407. The summed E-state index contributed by atoms with van der Waals surface area (Å²) in [6, 6.07) is 12.7. The third-order valence-corrected chi connectivity index (χ3v) is 4.63. The van der Waals surface area contributed by atoms with Crippen LogP contribution in [0.2, 0.25) is 0 Å². The third-order valence-electron chi connectivity index (χ3n) is 3.63. The van der Waals surface area contributed by atoms with Gasteiger partial charge in [0.1, 0.15) is 5.82 Å². The first kappa shape index (κ1) is 21.4. The molecule has 3 amide bonds. The van der Waals surface area contributed by atoms with Gasteiger partial charge in [0.05, 0.1) is 5.75 Å². The lowest BCUT2D eigenvalue weighted by atomic mass is 10.1. The molecule has 2 rings (SSSR count). The van der Waals surface area contributed by atoms with Crippen LogP contribution in [0.25, 0.3) is 0 Å². The molecule has 2 aromatic carbocycles. The van der Waals surface area contributed by atoms with Gasteiger partial charge in [-0.25, -0.2) is 4.39 Å². The van der Waals surface area contributed by atoms with E-state index in [1.54, 1.807) is 12.1 Å². The second-order valence-electron chi connectivity index (χ2n) is 5.98. The maximum atomic E-state index is 12.8. The number of nitrogens with one attached hydrogen (secondary N) is 3. The second kappa shape index (κ2) is 11.1. The summed E-state index contributed by atoms with van der Waals surface area (Å²) in [5, 5.41) is 8.03. The summed E-state index contributed by atoms with van der Waals surface area (Å²) in [6.45, 7) is 2.17. The molecule has 0 radical (unpaired) electrons. The van der Waals surface area contributed by atoms with E-state index >= 15 is 0 Å². The van der Waals surface area contributed by atoms with E-state index in [1.807, 2.05) is 12.1 Å². The number of hydrogen-bond donors (Lipinski definition) is 3. The van der Waals surface area contributed by atoms with Gasteiger partial charge >= 0.3 is 0 Å². The molecular weight excluding hydrogens is 381 g/mol. The fourth-order valence-electron chi connectivity index (χ4n) is 2.26. The molecule has 0 unspecified atom stereocenters. The van der Waals surface area contributed by atoms with E-state index in [0.29, 0.717) is 30.1 Å². The summed E-state index contributed by atoms with van der Waals surface area (Å²) in [7, 11) is 0. The summed E-state index contributed by atoms with van der Waals surface area (Å²) in [5.41, 5.74) is 2.08. The zero-order valence-corrected chi connectivity index (χ0v) is 16.3. The van der Waals surface area contributed by atoms with Crippen molar-refractivity contribution in [2.24, 2.45) is 0 Å². The van der Waals surface area contributed by atoms with Gasteiger partial charge in [0.15, 0.2) is 0 Å². The second-order valence-corrected chi connectivity index (χ2v) is 6.97. The van der Waals surface area contributed by atoms with E-state index in [0.717, 1.165) is 5.56 Å². The Labute approximate surface area is 167 Å². The molecule has 0 saturated carbocycles. The molecule has 8 heteroatoms. The van der Waals surface area contributed by atoms with Crippen molar-refractivity contribution in [2.45, 2.75) is 12.7 Å². The number of amides is 3. The van der Waals surface area contributed by atoms with Crippen LogP contribution in [0.4, 0.5) is 10.1 Å². The molecule has 0 aliphatic heterocycles. The zero-order chi connectivity index (χ0) is 20.4. The maximum Gasteiger partial charge on any atom is 0.251 e. The van der Waals surface area contributed by atoms with Crippen molar-refractivity contribution in [1.29, 1.82) is 0 Å². The standard InChI is InChI=1S/C20H22FN3O3S/c1-14(25)22-10-11-23-20(27)16-4-2-15(3-5-16)12-28-13-19(26)24-18-8-6-17(21)7-9-18/h2-9H,10-13H2,1H3,(H,22,25)(H,23,27)(H,24,26). The van der Waals surface area contributed by atoms with Gasteiger partial charge in [-0.1, -0.05) is 12.1 Å². The van der Waals surface area contributed by atoms with Gasteiger partial charge in [0, 0.05) is 37.0 Å². The molecule has 0 aliphatic rings. The van der Waals surface area contributed by atoms with Crippen molar-refractivity contribution in [1.82, 2.24) is 10.6 Å². The van der Waals surface area contributed by atoms with Gasteiger partial charge in [0.2, 0.25) is 11.8 Å². The number of carbonyl (C=O) groups is 3. The normalized spacial score (nSPS) is 10.2. The fraction of sp³-hybridized carbons (Fsp3) is 0.250. The SMILES string of the molecule is CC(=O)NCCNC(=O)c1ccc(CSCC(=O)Nc2ccc(F)cc2)cc1. The number of halogens is 1. The number of benzene rings is 2. The quantitative estimate of drug-likeness (QED) is 0.562. The number of thioether (sulfide) groups is 1. The van der Waals surface area contributed by atoms with Crippen LogP contribution in [0.5, 0.6) is 0 Å². The molecule has 148 valence electrons. The molecule has 0 aromatic heterocycles.